The molecule has 23 heavy (non-hydrogen) atoms. The summed E-state index contributed by atoms with van der Waals surface area (Å²) in [6, 6.07) is 8.64. The molecule has 0 radical (unpaired) electrons. The number of halogens is 1. The molecule has 4 rings (SSSR count). The molecule has 3 nitrogen and oxygen atoms in total. The molecule has 0 aromatic heterocycles. The molecular weight excluding hydrogens is 310 g/mol. The quantitative estimate of drug-likeness (QED) is 0.887. The van der Waals surface area contributed by atoms with Crippen LogP contribution in [0.15, 0.2) is 24.3 Å². The maximum Gasteiger partial charge on any atom is 0.125 e. The second-order valence-electron chi connectivity index (χ2n) is 7.42. The third-order valence-electron chi connectivity index (χ3n) is 5.98. The molecule has 1 heterocycles. The lowest BCUT2D eigenvalue weighted by molar-refractivity contribution is -0.0231. The van der Waals surface area contributed by atoms with E-state index in [1.807, 2.05) is 0 Å². The largest absolute Gasteiger partial charge is 0.488 e. The number of aliphatic hydroxyl groups excluding tert-OH is 1. The molecule has 1 aromatic rings. The first-order valence-electron chi connectivity index (χ1n) is 8.95. The number of fused-ring (bicyclic) bond motifs is 1. The monoisotopic (exact) mass is 337 g/mol. The fraction of sp³-hybridized carbons (Fsp3) is 0.684. The van der Waals surface area contributed by atoms with E-state index in [9.17, 15) is 5.11 Å². The minimum absolute atomic E-state index is 0. The van der Waals surface area contributed by atoms with Gasteiger partial charge in [-0.25, -0.2) is 0 Å². The molecule has 2 saturated carbocycles. The van der Waals surface area contributed by atoms with Crippen LogP contribution in [0.1, 0.15) is 50.0 Å². The van der Waals surface area contributed by atoms with Crippen molar-refractivity contribution in [1.29, 1.82) is 0 Å². The summed E-state index contributed by atoms with van der Waals surface area (Å²) < 4.78 is 6.12. The molecule has 2 aliphatic carbocycles. The van der Waals surface area contributed by atoms with E-state index < -0.39 is 0 Å². The van der Waals surface area contributed by atoms with E-state index in [-0.39, 0.29) is 24.6 Å². The molecule has 3 aliphatic rings. The molecule has 3 fully saturated rings. The lowest BCUT2D eigenvalue weighted by Gasteiger charge is -2.35. The molecule has 4 heteroatoms. The Balaban J connectivity index is 0.00000156. The zero-order valence-corrected chi connectivity index (χ0v) is 14.4. The van der Waals surface area contributed by atoms with Gasteiger partial charge in [0.25, 0.3) is 0 Å². The van der Waals surface area contributed by atoms with Crippen LogP contribution in [0.2, 0.25) is 0 Å². The lowest BCUT2D eigenvalue weighted by atomic mass is 9.78. The first-order chi connectivity index (χ1) is 10.8. The predicted molar refractivity (Wildman–Crippen MR) is 94.4 cm³/mol. The highest BCUT2D eigenvalue weighted by Gasteiger charge is 2.39. The molecule has 4 atom stereocenters. The zero-order chi connectivity index (χ0) is 14.9. The van der Waals surface area contributed by atoms with Crippen LogP contribution in [-0.4, -0.2) is 30.4 Å². The molecule has 2 N–H and O–H groups in total. The van der Waals surface area contributed by atoms with Crippen molar-refractivity contribution < 1.29 is 9.84 Å². The summed E-state index contributed by atoms with van der Waals surface area (Å²) in [6.45, 7) is 2.14. The third kappa shape index (κ3) is 3.67. The molecule has 1 aromatic carbocycles. The smallest absolute Gasteiger partial charge is 0.125 e. The average molecular weight is 338 g/mol. The van der Waals surface area contributed by atoms with Gasteiger partial charge in [-0.15, -0.1) is 12.4 Å². The van der Waals surface area contributed by atoms with Gasteiger partial charge in [-0.1, -0.05) is 25.0 Å². The third-order valence-corrected chi connectivity index (χ3v) is 5.98. The van der Waals surface area contributed by atoms with Crippen LogP contribution in [0.25, 0.3) is 0 Å². The van der Waals surface area contributed by atoms with Gasteiger partial charge >= 0.3 is 0 Å². The normalized spacial score (nSPS) is 34.0. The minimum Gasteiger partial charge on any atom is -0.488 e. The molecule has 1 aliphatic heterocycles. The van der Waals surface area contributed by atoms with Gasteiger partial charge in [-0.05, 0) is 74.2 Å². The summed E-state index contributed by atoms with van der Waals surface area (Å²) in [4.78, 5) is 0. The summed E-state index contributed by atoms with van der Waals surface area (Å²) in [5.74, 6) is 2.97. The fourth-order valence-corrected chi connectivity index (χ4v) is 4.64. The van der Waals surface area contributed by atoms with Crippen molar-refractivity contribution in [2.24, 2.45) is 11.8 Å². The van der Waals surface area contributed by atoms with Gasteiger partial charge in [0.1, 0.15) is 11.9 Å². The van der Waals surface area contributed by atoms with Crippen LogP contribution >= 0.6 is 12.4 Å². The van der Waals surface area contributed by atoms with E-state index in [0.717, 1.165) is 37.6 Å². The maximum atomic E-state index is 10.4. The summed E-state index contributed by atoms with van der Waals surface area (Å²) in [5, 5.41) is 13.8. The van der Waals surface area contributed by atoms with Gasteiger partial charge in [-0.3, -0.25) is 0 Å². The Morgan fingerprint density at radius 2 is 1.61 bits per heavy atom. The molecule has 0 amide bonds. The minimum atomic E-state index is -0.323. The van der Waals surface area contributed by atoms with Crippen molar-refractivity contribution in [3.63, 3.8) is 0 Å². The number of ether oxygens (including phenoxy) is 1. The second-order valence-corrected chi connectivity index (χ2v) is 7.42. The van der Waals surface area contributed by atoms with Gasteiger partial charge in [0.2, 0.25) is 0 Å². The molecule has 0 bridgehead atoms. The fourth-order valence-electron chi connectivity index (χ4n) is 4.64. The van der Waals surface area contributed by atoms with E-state index in [0.29, 0.717) is 11.8 Å². The van der Waals surface area contributed by atoms with E-state index in [4.69, 9.17) is 4.74 Å². The van der Waals surface area contributed by atoms with Crippen molar-refractivity contribution in [2.45, 2.75) is 56.7 Å². The van der Waals surface area contributed by atoms with E-state index in [2.05, 4.69) is 29.6 Å². The van der Waals surface area contributed by atoms with Crippen LogP contribution in [0, 0.1) is 11.8 Å². The predicted octanol–water partition coefficient (Wildman–Crippen LogP) is 3.50. The van der Waals surface area contributed by atoms with Gasteiger partial charge in [-0.2, -0.15) is 0 Å². The first kappa shape index (κ1) is 17.1. The summed E-state index contributed by atoms with van der Waals surface area (Å²) in [6.07, 6.45) is 6.89. The van der Waals surface area contributed by atoms with Crippen LogP contribution in [0.3, 0.4) is 0 Å². The average Bonchev–Trinajstić information content (AvgIpc) is 3.19. The van der Waals surface area contributed by atoms with E-state index in [1.165, 1.54) is 31.2 Å². The number of aliphatic hydroxyl groups is 1. The molecule has 0 unspecified atom stereocenters. The van der Waals surface area contributed by atoms with Crippen molar-refractivity contribution in [3.05, 3.63) is 29.8 Å². The highest BCUT2D eigenvalue weighted by molar-refractivity contribution is 5.85. The molecular formula is C19H28ClNO2. The topological polar surface area (TPSA) is 41.5 Å². The van der Waals surface area contributed by atoms with Gasteiger partial charge in [0.05, 0.1) is 6.10 Å². The lowest BCUT2D eigenvalue weighted by Crippen LogP contribution is -2.42. The first-order valence-corrected chi connectivity index (χ1v) is 8.95. The Labute approximate surface area is 145 Å². The van der Waals surface area contributed by atoms with Crippen molar-refractivity contribution in [3.8, 4) is 5.75 Å². The van der Waals surface area contributed by atoms with Gasteiger partial charge in [0, 0.05) is 0 Å². The zero-order valence-electron chi connectivity index (χ0n) is 13.6. The maximum absolute atomic E-state index is 10.4. The van der Waals surface area contributed by atoms with Crippen molar-refractivity contribution in [1.82, 2.24) is 5.32 Å². The Hall–Kier alpha value is -0.770. The van der Waals surface area contributed by atoms with Crippen LogP contribution in [0.4, 0.5) is 0 Å². The Morgan fingerprint density at radius 1 is 0.957 bits per heavy atom. The number of hydrogen-bond donors (Lipinski definition) is 2. The number of hydrogen-bond acceptors (Lipinski definition) is 3. The molecule has 1 saturated heterocycles. The van der Waals surface area contributed by atoms with Crippen LogP contribution in [-0.2, 0) is 0 Å². The van der Waals surface area contributed by atoms with Crippen molar-refractivity contribution in [2.75, 3.05) is 13.1 Å². The van der Waals surface area contributed by atoms with Gasteiger partial charge in [0.15, 0.2) is 0 Å². The SMILES string of the molecule is Cl.O[C@@H]1C[C@H]2CNC[C@H]2C[C@H]1Oc1ccc(C2CCCC2)cc1. The van der Waals surface area contributed by atoms with Crippen LogP contribution < -0.4 is 10.1 Å². The summed E-state index contributed by atoms with van der Waals surface area (Å²) >= 11 is 0. The molecule has 0 spiro atoms. The van der Waals surface area contributed by atoms with E-state index >= 15 is 0 Å². The summed E-state index contributed by atoms with van der Waals surface area (Å²) in [5.41, 5.74) is 1.45. The highest BCUT2D eigenvalue weighted by Crippen LogP contribution is 2.36. The van der Waals surface area contributed by atoms with Gasteiger partial charge < -0.3 is 15.2 Å². The van der Waals surface area contributed by atoms with E-state index in [1.54, 1.807) is 0 Å². The highest BCUT2D eigenvalue weighted by atomic mass is 35.5. The summed E-state index contributed by atoms with van der Waals surface area (Å²) in [7, 11) is 0. The second kappa shape index (κ2) is 7.42. The standard InChI is InChI=1S/C19H27NO2.ClH/c21-18-9-15-11-20-12-16(15)10-19(18)22-17-7-5-14(6-8-17)13-3-1-2-4-13;/h5-8,13,15-16,18-21H,1-4,9-12H2;1H/t15-,16+,18+,19+;/m0./s1. The van der Waals surface area contributed by atoms with Crippen molar-refractivity contribution >= 4 is 12.4 Å². The Bertz CT molecular complexity index is 501. The molecule has 128 valence electrons. The Kier molecular flexibility index (Phi) is 5.50. The Morgan fingerprint density at radius 3 is 2.30 bits per heavy atom. The van der Waals surface area contributed by atoms with Crippen LogP contribution in [0.5, 0.6) is 5.75 Å². The number of rotatable bonds is 3. The number of nitrogens with one attached hydrogen (secondary N) is 1. The number of benzene rings is 1.